The van der Waals surface area contributed by atoms with Gasteiger partial charge in [-0.05, 0) is 70.1 Å². The Labute approximate surface area is 117 Å². The maximum atomic E-state index is 11.0. The maximum absolute atomic E-state index is 11.0. The van der Waals surface area contributed by atoms with E-state index in [2.05, 4.69) is 19.2 Å². The van der Waals surface area contributed by atoms with Gasteiger partial charge in [0.2, 0.25) is 6.41 Å². The molecule has 0 aromatic carbocycles. The molecule has 19 heavy (non-hydrogen) atoms. The molecule has 3 nitrogen and oxygen atoms in total. The van der Waals surface area contributed by atoms with Crippen LogP contribution in [0.4, 0.5) is 0 Å². The van der Waals surface area contributed by atoms with E-state index < -0.39 is 5.60 Å². The normalized spacial score (nSPS) is 43.4. The van der Waals surface area contributed by atoms with Crippen molar-refractivity contribution in [1.82, 2.24) is 5.32 Å². The highest BCUT2D eigenvalue weighted by Crippen LogP contribution is 2.56. The summed E-state index contributed by atoms with van der Waals surface area (Å²) in [5, 5.41) is 13.4. The molecule has 0 aromatic rings. The Morgan fingerprint density at radius 1 is 1.26 bits per heavy atom. The fourth-order valence-electron chi connectivity index (χ4n) is 4.68. The fraction of sp³-hybridized carbons (Fsp3) is 0.938. The molecule has 2 rings (SSSR count). The van der Waals surface area contributed by atoms with Crippen LogP contribution in [-0.4, -0.2) is 22.7 Å². The minimum atomic E-state index is -0.610. The van der Waals surface area contributed by atoms with Gasteiger partial charge in [-0.15, -0.1) is 0 Å². The molecule has 0 bridgehead atoms. The molecule has 2 aliphatic carbocycles. The minimum Gasteiger partial charge on any atom is -0.390 e. The molecule has 4 atom stereocenters. The third-order valence-electron chi connectivity index (χ3n) is 6.03. The lowest BCUT2D eigenvalue weighted by atomic mass is 9.51. The summed E-state index contributed by atoms with van der Waals surface area (Å²) in [5.41, 5.74) is -0.385. The highest BCUT2D eigenvalue weighted by Gasteiger charge is 2.52. The molecule has 2 saturated carbocycles. The Morgan fingerprint density at radius 3 is 2.53 bits per heavy atom. The molecule has 110 valence electrons. The lowest BCUT2D eigenvalue weighted by Crippen LogP contribution is -2.59. The molecule has 3 heteroatoms. The number of aliphatic hydroxyl groups is 1. The van der Waals surface area contributed by atoms with E-state index in [1.807, 2.05) is 13.8 Å². The van der Waals surface area contributed by atoms with Crippen LogP contribution < -0.4 is 5.32 Å². The largest absolute Gasteiger partial charge is 0.390 e. The van der Waals surface area contributed by atoms with Gasteiger partial charge in [-0.1, -0.05) is 13.3 Å². The molecule has 1 amide bonds. The minimum absolute atomic E-state index is 0.0985. The summed E-state index contributed by atoms with van der Waals surface area (Å²) in [6.07, 6.45) is 7.67. The van der Waals surface area contributed by atoms with E-state index >= 15 is 0 Å². The van der Waals surface area contributed by atoms with E-state index in [1.54, 1.807) is 0 Å². The quantitative estimate of drug-likeness (QED) is 0.773. The second kappa shape index (κ2) is 4.76. The molecule has 0 aromatic heterocycles. The zero-order chi connectivity index (χ0) is 14.3. The first-order valence-electron chi connectivity index (χ1n) is 7.65. The van der Waals surface area contributed by atoms with E-state index in [0.29, 0.717) is 17.3 Å². The molecule has 0 radical (unpaired) electrons. The number of rotatable bonds is 3. The van der Waals surface area contributed by atoms with Crippen LogP contribution in [0.25, 0.3) is 0 Å². The topological polar surface area (TPSA) is 49.3 Å². The van der Waals surface area contributed by atoms with Crippen LogP contribution in [0.15, 0.2) is 0 Å². The van der Waals surface area contributed by atoms with Gasteiger partial charge in [-0.2, -0.15) is 0 Å². The van der Waals surface area contributed by atoms with Crippen molar-refractivity contribution in [2.75, 3.05) is 0 Å². The molecular weight excluding hydrogens is 238 g/mol. The molecule has 0 saturated heterocycles. The van der Waals surface area contributed by atoms with Gasteiger partial charge in [0.1, 0.15) is 0 Å². The molecule has 0 heterocycles. The van der Waals surface area contributed by atoms with Gasteiger partial charge < -0.3 is 10.4 Å². The lowest BCUT2D eigenvalue weighted by molar-refractivity contribution is -0.117. The summed E-state index contributed by atoms with van der Waals surface area (Å²) in [6.45, 7) is 8.42. The molecule has 2 aliphatic rings. The predicted octanol–water partition coefficient (Wildman–Crippen LogP) is 2.87. The third kappa shape index (κ3) is 2.67. The van der Waals surface area contributed by atoms with E-state index in [4.69, 9.17) is 0 Å². The molecule has 0 spiro atoms. The summed E-state index contributed by atoms with van der Waals surface area (Å²) in [7, 11) is 0. The van der Waals surface area contributed by atoms with Gasteiger partial charge in [0.15, 0.2) is 0 Å². The number of hydrogen-bond acceptors (Lipinski definition) is 2. The highest BCUT2D eigenvalue weighted by molar-refractivity contribution is 5.48. The number of nitrogens with one attached hydrogen (secondary N) is 1. The van der Waals surface area contributed by atoms with Crippen LogP contribution in [-0.2, 0) is 4.79 Å². The van der Waals surface area contributed by atoms with Crippen molar-refractivity contribution in [3.63, 3.8) is 0 Å². The predicted molar refractivity (Wildman–Crippen MR) is 76.7 cm³/mol. The molecule has 0 aliphatic heterocycles. The van der Waals surface area contributed by atoms with Crippen LogP contribution in [0, 0.1) is 17.3 Å². The molecule has 2 N–H and O–H groups in total. The van der Waals surface area contributed by atoms with Crippen molar-refractivity contribution in [3.05, 3.63) is 0 Å². The van der Waals surface area contributed by atoms with E-state index in [9.17, 15) is 9.90 Å². The van der Waals surface area contributed by atoms with Crippen molar-refractivity contribution < 1.29 is 9.90 Å². The SMILES string of the molecule is CC(C)(O)[C@H]1CC[C@@]2(C)CCC[C@@](C)(NC=O)[C@@H]2C1. The summed E-state index contributed by atoms with van der Waals surface area (Å²) in [6, 6.07) is 0. The summed E-state index contributed by atoms with van der Waals surface area (Å²) in [4.78, 5) is 11.0. The van der Waals surface area contributed by atoms with Crippen LogP contribution in [0.2, 0.25) is 0 Å². The van der Waals surface area contributed by atoms with Crippen molar-refractivity contribution >= 4 is 6.41 Å². The third-order valence-corrected chi connectivity index (χ3v) is 6.03. The maximum Gasteiger partial charge on any atom is 0.207 e. The second-order valence-corrected chi connectivity index (χ2v) is 7.86. The van der Waals surface area contributed by atoms with Gasteiger partial charge in [-0.3, -0.25) is 4.79 Å². The number of fused-ring (bicyclic) bond motifs is 1. The smallest absolute Gasteiger partial charge is 0.207 e. The molecule has 2 fully saturated rings. The van der Waals surface area contributed by atoms with Gasteiger partial charge in [-0.25, -0.2) is 0 Å². The Morgan fingerprint density at radius 2 is 1.95 bits per heavy atom. The van der Waals surface area contributed by atoms with Crippen LogP contribution in [0.5, 0.6) is 0 Å². The molecular formula is C16H29NO2. The lowest BCUT2D eigenvalue weighted by Gasteiger charge is -2.57. The van der Waals surface area contributed by atoms with E-state index in [-0.39, 0.29) is 5.54 Å². The Hall–Kier alpha value is -0.570. The van der Waals surface area contributed by atoms with Crippen molar-refractivity contribution in [2.45, 2.75) is 77.4 Å². The van der Waals surface area contributed by atoms with E-state index in [0.717, 1.165) is 25.7 Å². The summed E-state index contributed by atoms with van der Waals surface area (Å²) < 4.78 is 0. The first-order chi connectivity index (χ1) is 8.71. The number of hydrogen-bond donors (Lipinski definition) is 2. The second-order valence-electron chi connectivity index (χ2n) is 7.86. The highest BCUT2D eigenvalue weighted by atomic mass is 16.3. The van der Waals surface area contributed by atoms with Gasteiger partial charge in [0.05, 0.1) is 5.60 Å². The van der Waals surface area contributed by atoms with Crippen molar-refractivity contribution in [1.29, 1.82) is 0 Å². The van der Waals surface area contributed by atoms with E-state index in [1.165, 1.54) is 19.3 Å². The average molecular weight is 267 g/mol. The zero-order valence-electron chi connectivity index (χ0n) is 12.8. The van der Waals surface area contributed by atoms with Crippen molar-refractivity contribution in [3.8, 4) is 0 Å². The van der Waals surface area contributed by atoms with Gasteiger partial charge >= 0.3 is 0 Å². The monoisotopic (exact) mass is 267 g/mol. The van der Waals surface area contributed by atoms with Gasteiger partial charge in [0.25, 0.3) is 0 Å². The Kier molecular flexibility index (Phi) is 3.72. The Balaban J connectivity index is 2.25. The number of carbonyl (C=O) groups is 1. The zero-order valence-corrected chi connectivity index (χ0v) is 12.8. The van der Waals surface area contributed by atoms with Crippen molar-refractivity contribution in [2.24, 2.45) is 17.3 Å². The number of amides is 1. The van der Waals surface area contributed by atoms with Crippen LogP contribution in [0.3, 0.4) is 0 Å². The van der Waals surface area contributed by atoms with Gasteiger partial charge in [0, 0.05) is 5.54 Å². The summed E-state index contributed by atoms with van der Waals surface area (Å²) in [5.74, 6) is 0.820. The standard InChI is InChI=1S/C16H29NO2/c1-14(2,19)12-6-9-15(3)7-5-8-16(4,17-11-18)13(15)10-12/h11-13,19H,5-10H2,1-4H3,(H,17,18)/t12-,13+,15+,16+/m0/s1. The fourth-order valence-corrected chi connectivity index (χ4v) is 4.68. The first kappa shape index (κ1) is 14.8. The first-order valence-corrected chi connectivity index (χ1v) is 7.65. The average Bonchev–Trinajstić information content (AvgIpc) is 2.27. The van der Waals surface area contributed by atoms with Crippen LogP contribution >= 0.6 is 0 Å². The Bertz CT molecular complexity index is 349. The summed E-state index contributed by atoms with van der Waals surface area (Å²) >= 11 is 0. The number of carbonyl (C=O) groups excluding carboxylic acids is 1. The molecule has 0 unspecified atom stereocenters. The van der Waals surface area contributed by atoms with Crippen LogP contribution in [0.1, 0.15) is 66.2 Å².